The lowest BCUT2D eigenvalue weighted by atomic mass is 9.88. The van der Waals surface area contributed by atoms with Crippen molar-refractivity contribution in [1.29, 1.82) is 0 Å². The minimum Gasteiger partial charge on any atom is -0.548 e. The van der Waals surface area contributed by atoms with E-state index < -0.39 is 18.1 Å². The molecule has 1 N–H and O–H groups in total. The molecule has 1 aromatic carbocycles. The van der Waals surface area contributed by atoms with Gasteiger partial charge in [-0.05, 0) is 17.4 Å². The zero-order chi connectivity index (χ0) is 15.2. The molecular formula is C15H20NO4-. The molecule has 0 saturated heterocycles. The fourth-order valence-corrected chi connectivity index (χ4v) is 1.71. The van der Waals surface area contributed by atoms with Gasteiger partial charge in [-0.25, -0.2) is 4.79 Å². The topological polar surface area (TPSA) is 78.5 Å². The number of hydrogen-bond acceptors (Lipinski definition) is 4. The molecule has 0 fully saturated rings. The number of ether oxygens (including phenoxy) is 1. The highest BCUT2D eigenvalue weighted by Crippen LogP contribution is 2.20. The van der Waals surface area contributed by atoms with Gasteiger partial charge in [0.25, 0.3) is 0 Å². The molecule has 1 atom stereocenters. The van der Waals surface area contributed by atoms with Crippen molar-refractivity contribution in [2.75, 3.05) is 0 Å². The van der Waals surface area contributed by atoms with Crippen molar-refractivity contribution in [1.82, 2.24) is 5.32 Å². The van der Waals surface area contributed by atoms with Crippen LogP contribution in [0.1, 0.15) is 32.8 Å². The predicted octanol–water partition coefficient (Wildman–Crippen LogP) is 1.47. The first-order valence-electron chi connectivity index (χ1n) is 6.46. The van der Waals surface area contributed by atoms with Crippen LogP contribution >= 0.6 is 0 Å². The van der Waals surface area contributed by atoms with E-state index in [4.69, 9.17) is 4.74 Å². The number of amides is 1. The summed E-state index contributed by atoms with van der Waals surface area (Å²) in [5.74, 6) is -1.31. The Bertz CT molecular complexity index is 451. The van der Waals surface area contributed by atoms with Gasteiger partial charge in [0.15, 0.2) is 0 Å². The fourth-order valence-electron chi connectivity index (χ4n) is 1.71. The highest BCUT2D eigenvalue weighted by atomic mass is 16.5. The minimum atomic E-state index is -1.31. The Balaban J connectivity index is 2.48. The Hall–Kier alpha value is -2.04. The predicted molar refractivity (Wildman–Crippen MR) is 72.6 cm³/mol. The summed E-state index contributed by atoms with van der Waals surface area (Å²) in [6, 6.07) is 8.11. The molecule has 0 aliphatic carbocycles. The zero-order valence-electron chi connectivity index (χ0n) is 12.0. The normalized spacial score (nSPS) is 12.6. The van der Waals surface area contributed by atoms with Crippen molar-refractivity contribution < 1.29 is 19.4 Å². The number of carboxylic acid groups (broad SMARTS) is 1. The van der Waals surface area contributed by atoms with Crippen molar-refractivity contribution in [2.45, 2.75) is 39.8 Å². The number of aliphatic carboxylic acids is 1. The van der Waals surface area contributed by atoms with Crippen LogP contribution in [0.15, 0.2) is 30.3 Å². The molecular weight excluding hydrogens is 258 g/mol. The third-order valence-corrected chi connectivity index (χ3v) is 2.61. The first-order valence-corrected chi connectivity index (χ1v) is 6.46. The number of carboxylic acids is 1. The average molecular weight is 278 g/mol. The molecule has 5 nitrogen and oxygen atoms in total. The Morgan fingerprint density at radius 1 is 1.25 bits per heavy atom. The molecule has 1 rings (SSSR count). The molecule has 0 aromatic heterocycles. The second kappa shape index (κ2) is 6.93. The lowest BCUT2D eigenvalue weighted by molar-refractivity contribution is -0.308. The Labute approximate surface area is 118 Å². The van der Waals surface area contributed by atoms with E-state index in [1.165, 1.54) is 0 Å². The van der Waals surface area contributed by atoms with E-state index in [0.29, 0.717) is 0 Å². The smallest absolute Gasteiger partial charge is 0.407 e. The number of alkyl carbamates (subject to hydrolysis) is 1. The first-order chi connectivity index (χ1) is 9.28. The molecule has 0 saturated carbocycles. The molecule has 0 spiro atoms. The van der Waals surface area contributed by atoms with E-state index in [1.807, 2.05) is 51.1 Å². The summed E-state index contributed by atoms with van der Waals surface area (Å²) in [5.41, 5.74) is 0.598. The minimum absolute atomic E-state index is 0.0992. The molecule has 1 amide bonds. The molecule has 1 aromatic rings. The van der Waals surface area contributed by atoms with Gasteiger partial charge in [-0.3, -0.25) is 0 Å². The van der Waals surface area contributed by atoms with E-state index in [1.54, 1.807) is 0 Å². The SMILES string of the molecule is CC(C)(C)C[C@@H](NC(=O)OCc1ccccc1)C(=O)[O-]. The van der Waals surface area contributed by atoms with E-state index in [0.717, 1.165) is 5.56 Å². The van der Waals surface area contributed by atoms with E-state index >= 15 is 0 Å². The molecule has 0 aliphatic rings. The summed E-state index contributed by atoms with van der Waals surface area (Å²) >= 11 is 0. The quantitative estimate of drug-likeness (QED) is 0.884. The fraction of sp³-hybridized carbons (Fsp3) is 0.467. The van der Waals surface area contributed by atoms with Crippen LogP contribution in [0.25, 0.3) is 0 Å². The van der Waals surface area contributed by atoms with Gasteiger partial charge in [-0.2, -0.15) is 0 Å². The van der Waals surface area contributed by atoms with Crippen LogP contribution in [-0.2, 0) is 16.1 Å². The van der Waals surface area contributed by atoms with Gasteiger partial charge in [0.1, 0.15) is 6.61 Å². The maximum absolute atomic E-state index is 11.6. The number of nitrogens with one attached hydrogen (secondary N) is 1. The van der Waals surface area contributed by atoms with E-state index in [-0.39, 0.29) is 18.4 Å². The summed E-state index contributed by atoms with van der Waals surface area (Å²) in [6.07, 6.45) is -0.484. The molecule has 0 bridgehead atoms. The van der Waals surface area contributed by atoms with Crippen molar-refractivity contribution in [3.05, 3.63) is 35.9 Å². The highest BCUT2D eigenvalue weighted by Gasteiger charge is 2.21. The highest BCUT2D eigenvalue weighted by molar-refractivity contribution is 5.78. The van der Waals surface area contributed by atoms with Gasteiger partial charge < -0.3 is 20.0 Å². The summed E-state index contributed by atoms with van der Waals surface area (Å²) in [6.45, 7) is 5.77. The Kier molecular flexibility index (Phi) is 5.55. The van der Waals surface area contributed by atoms with Crippen LogP contribution in [0.5, 0.6) is 0 Å². The van der Waals surface area contributed by atoms with Crippen LogP contribution in [0.2, 0.25) is 0 Å². The molecule has 0 heterocycles. The van der Waals surface area contributed by atoms with Crippen LogP contribution in [0.4, 0.5) is 4.79 Å². The summed E-state index contributed by atoms with van der Waals surface area (Å²) < 4.78 is 4.98. The molecule has 110 valence electrons. The number of rotatable bonds is 5. The van der Waals surface area contributed by atoms with Gasteiger partial charge in [0, 0.05) is 0 Å². The molecule has 0 unspecified atom stereocenters. The average Bonchev–Trinajstić information content (AvgIpc) is 2.35. The lowest BCUT2D eigenvalue weighted by Crippen LogP contribution is -2.49. The first kappa shape index (κ1) is 16.0. The number of carbonyl (C=O) groups is 2. The summed E-state index contributed by atoms with van der Waals surface area (Å²) in [4.78, 5) is 22.6. The second-order valence-corrected chi connectivity index (χ2v) is 5.84. The van der Waals surface area contributed by atoms with Gasteiger partial charge in [0.05, 0.1) is 12.0 Å². The van der Waals surface area contributed by atoms with E-state index in [9.17, 15) is 14.7 Å². The number of benzene rings is 1. The monoisotopic (exact) mass is 278 g/mol. The molecule has 5 heteroatoms. The molecule has 0 radical (unpaired) electrons. The van der Waals surface area contributed by atoms with Crippen molar-refractivity contribution in [3.63, 3.8) is 0 Å². The van der Waals surface area contributed by atoms with Crippen molar-refractivity contribution in [3.8, 4) is 0 Å². The van der Waals surface area contributed by atoms with Crippen LogP contribution in [0.3, 0.4) is 0 Å². The standard InChI is InChI=1S/C15H21NO4/c1-15(2,3)9-12(13(17)18)16-14(19)20-10-11-7-5-4-6-8-11/h4-8,12H,9-10H2,1-3H3,(H,16,19)(H,17,18)/p-1/t12-/m1/s1. The largest absolute Gasteiger partial charge is 0.548 e. The van der Waals surface area contributed by atoms with Gasteiger partial charge in [0.2, 0.25) is 0 Å². The lowest BCUT2D eigenvalue weighted by Gasteiger charge is -2.27. The van der Waals surface area contributed by atoms with Crippen LogP contribution in [-0.4, -0.2) is 18.1 Å². The number of carbonyl (C=O) groups excluding carboxylic acids is 2. The Morgan fingerprint density at radius 3 is 2.35 bits per heavy atom. The number of hydrogen-bond donors (Lipinski definition) is 1. The maximum atomic E-state index is 11.6. The van der Waals surface area contributed by atoms with Crippen LogP contribution in [0, 0.1) is 5.41 Å². The zero-order valence-corrected chi connectivity index (χ0v) is 12.0. The van der Waals surface area contributed by atoms with Gasteiger partial charge in [-0.15, -0.1) is 0 Å². The van der Waals surface area contributed by atoms with Gasteiger partial charge in [-0.1, -0.05) is 51.1 Å². The van der Waals surface area contributed by atoms with Gasteiger partial charge >= 0.3 is 6.09 Å². The van der Waals surface area contributed by atoms with Crippen molar-refractivity contribution >= 4 is 12.1 Å². The maximum Gasteiger partial charge on any atom is 0.407 e. The van der Waals surface area contributed by atoms with Crippen molar-refractivity contribution in [2.24, 2.45) is 5.41 Å². The third-order valence-electron chi connectivity index (χ3n) is 2.61. The second-order valence-electron chi connectivity index (χ2n) is 5.84. The summed E-state index contributed by atoms with van der Waals surface area (Å²) in [7, 11) is 0. The van der Waals surface area contributed by atoms with Crippen LogP contribution < -0.4 is 10.4 Å². The molecule has 0 aliphatic heterocycles. The Morgan fingerprint density at radius 2 is 1.85 bits per heavy atom. The summed E-state index contributed by atoms with van der Waals surface area (Å²) in [5, 5.41) is 13.3. The van der Waals surface area contributed by atoms with E-state index in [2.05, 4.69) is 5.32 Å². The third kappa shape index (κ3) is 6.22. The molecule has 20 heavy (non-hydrogen) atoms.